The molecular weight excluding hydrogens is 167 g/mol. The van der Waals surface area contributed by atoms with Crippen molar-refractivity contribution in [3.63, 3.8) is 0 Å². The van der Waals surface area contributed by atoms with E-state index in [1.54, 1.807) is 0 Å². The van der Waals surface area contributed by atoms with Gasteiger partial charge in [-0.15, -0.1) is 0 Å². The van der Waals surface area contributed by atoms with Gasteiger partial charge in [0.05, 0.1) is 6.61 Å². The minimum Gasteiger partial charge on any atom is -0.494 e. The van der Waals surface area contributed by atoms with E-state index in [1.807, 2.05) is 13.0 Å². The number of allylic oxidation sites excluding steroid dienone is 3. The Morgan fingerprint density at radius 1 is 1.62 bits per heavy atom. The predicted molar refractivity (Wildman–Crippen MR) is 51.8 cm³/mol. The maximum atomic E-state index is 12.9. The first kappa shape index (κ1) is 10.3. The molecule has 0 radical (unpaired) electrons. The first-order valence-corrected chi connectivity index (χ1v) is 4.78. The van der Waals surface area contributed by atoms with Crippen molar-refractivity contribution in [1.82, 2.24) is 0 Å². The second kappa shape index (κ2) is 4.45. The second-order valence-corrected chi connectivity index (χ2v) is 4.05. The summed E-state index contributed by atoms with van der Waals surface area (Å²) in [6.07, 6.45) is 3.97. The summed E-state index contributed by atoms with van der Waals surface area (Å²) in [4.78, 5) is 0. The molecule has 2 heteroatoms. The Morgan fingerprint density at radius 2 is 2.31 bits per heavy atom. The van der Waals surface area contributed by atoms with Gasteiger partial charge in [-0.05, 0) is 17.9 Å². The molecule has 0 amide bonds. The van der Waals surface area contributed by atoms with Gasteiger partial charge in [-0.1, -0.05) is 20.8 Å². The third kappa shape index (κ3) is 3.62. The molecule has 74 valence electrons. The number of rotatable bonds is 3. The lowest BCUT2D eigenvalue weighted by Gasteiger charge is -2.16. The number of hydrogen-bond donors (Lipinski definition) is 0. The van der Waals surface area contributed by atoms with E-state index in [1.165, 1.54) is 6.08 Å². The summed E-state index contributed by atoms with van der Waals surface area (Å²) in [5.74, 6) is 1.35. The van der Waals surface area contributed by atoms with Gasteiger partial charge in [0.1, 0.15) is 11.6 Å². The monoisotopic (exact) mass is 184 g/mol. The van der Waals surface area contributed by atoms with E-state index in [0.29, 0.717) is 24.7 Å². The Bertz CT molecular complexity index is 228. The molecule has 0 fully saturated rings. The highest BCUT2D eigenvalue weighted by atomic mass is 19.1. The molecule has 1 aliphatic rings. The Balaban J connectivity index is 2.49. The Hall–Kier alpha value is -0.790. The minimum absolute atomic E-state index is 0.0752. The van der Waals surface area contributed by atoms with Crippen molar-refractivity contribution in [2.45, 2.75) is 27.2 Å². The van der Waals surface area contributed by atoms with Crippen molar-refractivity contribution < 1.29 is 9.13 Å². The van der Waals surface area contributed by atoms with Crippen LogP contribution in [0.2, 0.25) is 0 Å². The van der Waals surface area contributed by atoms with Crippen LogP contribution in [0.5, 0.6) is 0 Å². The topological polar surface area (TPSA) is 9.23 Å². The molecule has 0 spiro atoms. The normalized spacial score (nSPS) is 22.7. The van der Waals surface area contributed by atoms with Crippen LogP contribution in [0.25, 0.3) is 0 Å². The summed E-state index contributed by atoms with van der Waals surface area (Å²) in [5, 5.41) is 0. The molecule has 0 bridgehead atoms. The van der Waals surface area contributed by atoms with E-state index < -0.39 is 0 Å². The van der Waals surface area contributed by atoms with E-state index >= 15 is 0 Å². The van der Waals surface area contributed by atoms with Crippen LogP contribution < -0.4 is 0 Å². The van der Waals surface area contributed by atoms with Crippen LogP contribution in [0, 0.1) is 11.8 Å². The van der Waals surface area contributed by atoms with Crippen molar-refractivity contribution >= 4 is 0 Å². The van der Waals surface area contributed by atoms with Crippen LogP contribution in [0.15, 0.2) is 23.7 Å². The van der Waals surface area contributed by atoms with Gasteiger partial charge in [-0.3, -0.25) is 0 Å². The van der Waals surface area contributed by atoms with E-state index in [4.69, 9.17) is 4.74 Å². The molecule has 0 aromatic heterocycles. The SMILES string of the molecule is CC(C)COC1=CC(C)CC(F)=C1. The van der Waals surface area contributed by atoms with Gasteiger partial charge in [0.25, 0.3) is 0 Å². The first-order valence-electron chi connectivity index (χ1n) is 4.78. The lowest BCUT2D eigenvalue weighted by Crippen LogP contribution is -2.05. The van der Waals surface area contributed by atoms with Gasteiger partial charge in [0, 0.05) is 12.5 Å². The van der Waals surface area contributed by atoms with Crippen LogP contribution in [-0.2, 0) is 4.74 Å². The molecule has 0 aromatic carbocycles. The fraction of sp³-hybridized carbons (Fsp3) is 0.636. The molecule has 0 aromatic rings. The van der Waals surface area contributed by atoms with Gasteiger partial charge in [0.15, 0.2) is 0 Å². The molecule has 0 saturated heterocycles. The van der Waals surface area contributed by atoms with Crippen LogP contribution in [0.1, 0.15) is 27.2 Å². The fourth-order valence-corrected chi connectivity index (χ4v) is 1.26. The number of ether oxygens (including phenoxy) is 1. The summed E-state index contributed by atoms with van der Waals surface area (Å²) in [5.41, 5.74) is 0. The van der Waals surface area contributed by atoms with Crippen LogP contribution in [0.3, 0.4) is 0 Å². The molecular formula is C11H17FO. The molecule has 0 aliphatic heterocycles. The summed E-state index contributed by atoms with van der Waals surface area (Å²) >= 11 is 0. The molecule has 0 heterocycles. The van der Waals surface area contributed by atoms with E-state index in [-0.39, 0.29) is 11.7 Å². The largest absolute Gasteiger partial charge is 0.494 e. The van der Waals surface area contributed by atoms with Crippen molar-refractivity contribution in [2.24, 2.45) is 11.8 Å². The molecule has 1 rings (SSSR count). The number of hydrogen-bond acceptors (Lipinski definition) is 1. The van der Waals surface area contributed by atoms with E-state index in [2.05, 4.69) is 13.8 Å². The molecule has 1 aliphatic carbocycles. The molecule has 0 saturated carbocycles. The highest BCUT2D eigenvalue weighted by Gasteiger charge is 2.12. The van der Waals surface area contributed by atoms with Crippen molar-refractivity contribution in [1.29, 1.82) is 0 Å². The van der Waals surface area contributed by atoms with Crippen LogP contribution in [-0.4, -0.2) is 6.61 Å². The molecule has 13 heavy (non-hydrogen) atoms. The Kier molecular flexibility index (Phi) is 3.52. The lowest BCUT2D eigenvalue weighted by molar-refractivity contribution is 0.185. The lowest BCUT2D eigenvalue weighted by atomic mass is 10.0. The van der Waals surface area contributed by atoms with Gasteiger partial charge in [-0.2, -0.15) is 0 Å². The smallest absolute Gasteiger partial charge is 0.118 e. The van der Waals surface area contributed by atoms with Gasteiger partial charge < -0.3 is 4.74 Å². The Labute approximate surface area is 79.3 Å². The third-order valence-corrected chi connectivity index (χ3v) is 1.85. The van der Waals surface area contributed by atoms with Gasteiger partial charge >= 0.3 is 0 Å². The third-order valence-electron chi connectivity index (χ3n) is 1.85. The molecule has 1 unspecified atom stereocenters. The highest BCUT2D eigenvalue weighted by molar-refractivity contribution is 5.21. The van der Waals surface area contributed by atoms with Crippen molar-refractivity contribution in [3.8, 4) is 0 Å². The summed E-state index contributed by atoms with van der Waals surface area (Å²) in [7, 11) is 0. The zero-order valence-electron chi connectivity index (χ0n) is 8.51. The zero-order valence-corrected chi connectivity index (χ0v) is 8.51. The van der Waals surface area contributed by atoms with Gasteiger partial charge in [0.2, 0.25) is 0 Å². The summed E-state index contributed by atoms with van der Waals surface area (Å²) < 4.78 is 18.4. The Morgan fingerprint density at radius 3 is 2.85 bits per heavy atom. The average molecular weight is 184 g/mol. The fourth-order valence-electron chi connectivity index (χ4n) is 1.26. The van der Waals surface area contributed by atoms with E-state index in [9.17, 15) is 4.39 Å². The van der Waals surface area contributed by atoms with Crippen molar-refractivity contribution in [3.05, 3.63) is 23.7 Å². The highest BCUT2D eigenvalue weighted by Crippen LogP contribution is 2.23. The van der Waals surface area contributed by atoms with Gasteiger partial charge in [-0.25, -0.2) is 4.39 Å². The zero-order chi connectivity index (χ0) is 9.84. The summed E-state index contributed by atoms with van der Waals surface area (Å²) in [6, 6.07) is 0. The molecule has 0 N–H and O–H groups in total. The predicted octanol–water partition coefficient (Wildman–Crippen LogP) is 3.44. The maximum absolute atomic E-state index is 12.9. The second-order valence-electron chi connectivity index (χ2n) is 4.05. The maximum Gasteiger partial charge on any atom is 0.118 e. The quantitative estimate of drug-likeness (QED) is 0.653. The summed E-state index contributed by atoms with van der Waals surface area (Å²) in [6.45, 7) is 6.80. The van der Waals surface area contributed by atoms with Crippen LogP contribution in [0.4, 0.5) is 4.39 Å². The first-order chi connectivity index (χ1) is 6.08. The van der Waals surface area contributed by atoms with Crippen molar-refractivity contribution in [2.75, 3.05) is 6.61 Å². The standard InChI is InChI=1S/C11H17FO/c1-8(2)7-13-11-5-9(3)4-10(12)6-11/h5-6,8-9H,4,7H2,1-3H3. The average Bonchev–Trinajstić information content (AvgIpc) is 1.99. The van der Waals surface area contributed by atoms with Crippen LogP contribution >= 0.6 is 0 Å². The number of halogens is 1. The molecule has 1 nitrogen and oxygen atoms in total. The minimum atomic E-state index is -0.0752. The van der Waals surface area contributed by atoms with E-state index in [0.717, 1.165) is 0 Å². The molecule has 1 atom stereocenters.